The van der Waals surface area contributed by atoms with Crippen LogP contribution in [0.15, 0.2) is 0 Å². The second-order valence-corrected chi connectivity index (χ2v) is 0.706. The Hall–Kier alpha value is 1.66. The van der Waals surface area contributed by atoms with Gasteiger partial charge in [0.25, 0.3) is 0 Å². The molecule has 0 amide bonds. The summed E-state index contributed by atoms with van der Waals surface area (Å²) in [6, 6.07) is 0. The minimum absolute atomic E-state index is 0. The molecule has 0 aliphatic rings. The van der Waals surface area contributed by atoms with E-state index in [1.54, 1.807) is 0 Å². The van der Waals surface area contributed by atoms with Crippen LogP contribution in [0.5, 0.6) is 0 Å². The van der Waals surface area contributed by atoms with Gasteiger partial charge in [-0.05, 0) is 0 Å². The Kier molecular flexibility index (Phi) is 23.4. The summed E-state index contributed by atoms with van der Waals surface area (Å²) >= 11 is 0. The summed E-state index contributed by atoms with van der Waals surface area (Å²) in [5.41, 5.74) is 0. The Balaban J connectivity index is -0.000000125. The first-order valence-corrected chi connectivity index (χ1v) is 1.38. The third kappa shape index (κ3) is 15.6. The molecule has 0 saturated heterocycles. The van der Waals surface area contributed by atoms with Crippen molar-refractivity contribution in [3.63, 3.8) is 0 Å². The molecular formula is C3H8Ca2O3. The second kappa shape index (κ2) is 11.5. The molecule has 5 heteroatoms. The van der Waals surface area contributed by atoms with Gasteiger partial charge in [-0.1, -0.05) is 0 Å². The van der Waals surface area contributed by atoms with Crippen molar-refractivity contribution >= 4 is 87.9 Å². The second-order valence-electron chi connectivity index (χ2n) is 0.706. The molecule has 42 valence electrons. The van der Waals surface area contributed by atoms with Crippen molar-refractivity contribution < 1.29 is 14.3 Å². The van der Waals surface area contributed by atoms with Crippen LogP contribution in [-0.2, 0) is 14.3 Å². The Bertz CT molecular complexity index is 72.9. The summed E-state index contributed by atoms with van der Waals surface area (Å²) in [5.74, 6) is -0.579. The average molecular weight is 172 g/mol. The van der Waals surface area contributed by atoms with E-state index in [0.717, 1.165) is 6.92 Å². The number of carbonyl (C=O) groups excluding carboxylic acids is 2. The monoisotopic (exact) mass is 172 g/mol. The summed E-state index contributed by atoms with van der Waals surface area (Å²) in [6.07, 6.45) is 0. The van der Waals surface area contributed by atoms with Gasteiger partial charge in [0.2, 0.25) is 0 Å². The van der Waals surface area contributed by atoms with Gasteiger partial charge in [-0.2, -0.15) is 0 Å². The van der Waals surface area contributed by atoms with E-state index in [-0.39, 0.29) is 81.9 Å². The van der Waals surface area contributed by atoms with Crippen LogP contribution < -0.4 is 0 Å². The fourth-order valence-electron chi connectivity index (χ4n) is 0.0678. The summed E-state index contributed by atoms with van der Waals surface area (Å²) in [7, 11) is 0. The summed E-state index contributed by atoms with van der Waals surface area (Å²) in [4.78, 5) is 18.8. The molecule has 0 saturated carbocycles. The Labute approximate surface area is 107 Å². The van der Waals surface area contributed by atoms with Gasteiger partial charge in [-0.3, -0.25) is 9.59 Å². The molecule has 0 spiro atoms. The van der Waals surface area contributed by atoms with E-state index in [1.807, 2.05) is 0 Å². The first kappa shape index (κ1) is 16.3. The van der Waals surface area contributed by atoms with Gasteiger partial charge in [0, 0.05) is 6.92 Å². The molecule has 0 bridgehead atoms. The van der Waals surface area contributed by atoms with Gasteiger partial charge in [-0.15, -0.1) is 0 Å². The van der Waals surface area contributed by atoms with Gasteiger partial charge in [0.05, 0.1) is 0 Å². The number of esters is 1. The molecule has 0 rings (SSSR count). The van der Waals surface area contributed by atoms with Crippen LogP contribution >= 0.6 is 0 Å². The molecule has 0 aliphatic carbocycles. The fourth-order valence-corrected chi connectivity index (χ4v) is 0.0678. The number of rotatable bonds is 1. The third-order valence-electron chi connectivity index (χ3n) is 0.214. The molecule has 8 heavy (non-hydrogen) atoms. The van der Waals surface area contributed by atoms with E-state index >= 15 is 0 Å². The standard InChI is InChI=1S/C3H4O3.2Ca.4H/c1-3(5)6-2-4;;;;;;/h2H,1H3;;;;;;. The van der Waals surface area contributed by atoms with Crippen LogP contribution in [0.1, 0.15) is 6.92 Å². The SMILES string of the molecule is CC(=O)OC=O.[CaH2].[CaH2]. The molecular weight excluding hydrogens is 164 g/mol. The van der Waals surface area contributed by atoms with Crippen LogP contribution in [0.3, 0.4) is 0 Å². The van der Waals surface area contributed by atoms with Crippen molar-refractivity contribution in [1.29, 1.82) is 0 Å². The summed E-state index contributed by atoms with van der Waals surface area (Å²) < 4.78 is 3.72. The van der Waals surface area contributed by atoms with Gasteiger partial charge in [0.15, 0.2) is 0 Å². The summed E-state index contributed by atoms with van der Waals surface area (Å²) in [6.45, 7) is 1.26. The number of hydrogen-bond donors (Lipinski definition) is 0. The zero-order valence-corrected chi connectivity index (χ0v) is 3.30. The van der Waals surface area contributed by atoms with E-state index in [1.165, 1.54) is 0 Å². The van der Waals surface area contributed by atoms with Gasteiger partial charge in [0.1, 0.15) is 0 Å². The van der Waals surface area contributed by atoms with Gasteiger partial charge < -0.3 is 4.74 Å². The van der Waals surface area contributed by atoms with Crippen molar-refractivity contribution in [2.75, 3.05) is 0 Å². The van der Waals surface area contributed by atoms with Crippen LogP contribution in [0.4, 0.5) is 0 Å². The van der Waals surface area contributed by atoms with Crippen molar-refractivity contribution in [3.8, 4) is 0 Å². The first-order valence-electron chi connectivity index (χ1n) is 1.38. The Morgan fingerprint density at radius 3 is 1.88 bits per heavy atom. The molecule has 0 unspecified atom stereocenters. The maximum atomic E-state index is 9.59. The quantitative estimate of drug-likeness (QED) is 0.196. The molecule has 0 aromatic carbocycles. The molecule has 3 nitrogen and oxygen atoms in total. The molecule has 0 aromatic heterocycles. The zero-order valence-electron chi connectivity index (χ0n) is 3.30. The average Bonchev–Trinajstić information content (AvgIpc) is 1.35. The molecule has 0 N–H and O–H groups in total. The molecule has 0 atom stereocenters. The van der Waals surface area contributed by atoms with E-state index < -0.39 is 5.97 Å². The summed E-state index contributed by atoms with van der Waals surface area (Å²) in [5, 5.41) is 0. The first-order chi connectivity index (χ1) is 2.77. The molecule has 0 heterocycles. The van der Waals surface area contributed by atoms with Gasteiger partial charge in [-0.25, -0.2) is 0 Å². The fraction of sp³-hybridized carbons (Fsp3) is 0.333. The van der Waals surface area contributed by atoms with E-state index in [9.17, 15) is 9.59 Å². The molecule has 0 radical (unpaired) electrons. The van der Waals surface area contributed by atoms with E-state index in [4.69, 9.17) is 0 Å². The predicted octanol–water partition coefficient (Wildman–Crippen LogP) is -2.13. The number of ether oxygens (including phenoxy) is 1. The topological polar surface area (TPSA) is 43.4 Å². The van der Waals surface area contributed by atoms with Crippen molar-refractivity contribution in [3.05, 3.63) is 0 Å². The van der Waals surface area contributed by atoms with Crippen LogP contribution in [0.25, 0.3) is 0 Å². The molecule has 0 fully saturated rings. The van der Waals surface area contributed by atoms with Crippen LogP contribution in [-0.4, -0.2) is 87.9 Å². The van der Waals surface area contributed by atoms with Crippen molar-refractivity contribution in [1.82, 2.24) is 0 Å². The number of carbonyl (C=O) groups is 2. The normalized spacial score (nSPS) is 5.12. The molecule has 0 aromatic rings. The third-order valence-corrected chi connectivity index (χ3v) is 0.214. The van der Waals surface area contributed by atoms with Crippen molar-refractivity contribution in [2.24, 2.45) is 0 Å². The molecule has 0 aliphatic heterocycles. The minimum atomic E-state index is -0.579. The van der Waals surface area contributed by atoms with Gasteiger partial charge >= 0.3 is 87.9 Å². The van der Waals surface area contributed by atoms with Crippen molar-refractivity contribution in [2.45, 2.75) is 6.92 Å². The van der Waals surface area contributed by atoms with E-state index in [2.05, 4.69) is 4.74 Å². The number of hydrogen-bond acceptors (Lipinski definition) is 3. The predicted molar refractivity (Wildman–Crippen MR) is 34.9 cm³/mol. The Morgan fingerprint density at radius 2 is 1.88 bits per heavy atom. The van der Waals surface area contributed by atoms with E-state index in [0.29, 0.717) is 0 Å². The van der Waals surface area contributed by atoms with Crippen LogP contribution in [0.2, 0.25) is 0 Å². The zero-order chi connectivity index (χ0) is 4.99. The maximum absolute atomic E-state index is 9.59. The Morgan fingerprint density at radius 1 is 1.50 bits per heavy atom. The van der Waals surface area contributed by atoms with Crippen LogP contribution in [0, 0.1) is 0 Å².